The first kappa shape index (κ1) is 18.4. The summed E-state index contributed by atoms with van der Waals surface area (Å²) in [5, 5.41) is 5.72. The van der Waals surface area contributed by atoms with E-state index in [1.165, 1.54) is 0 Å². The summed E-state index contributed by atoms with van der Waals surface area (Å²) < 4.78 is 0. The van der Waals surface area contributed by atoms with E-state index in [9.17, 15) is 9.59 Å². The zero-order chi connectivity index (χ0) is 18.4. The second kappa shape index (κ2) is 8.28. The molecule has 2 aromatic rings. The van der Waals surface area contributed by atoms with Gasteiger partial charge >= 0.3 is 0 Å². The quantitative estimate of drug-likeness (QED) is 0.848. The Balaban J connectivity index is 2.20. The molecule has 0 aliphatic heterocycles. The van der Waals surface area contributed by atoms with E-state index < -0.39 is 0 Å². The maximum absolute atomic E-state index is 12.6. The molecule has 1 aromatic heterocycles. The minimum absolute atomic E-state index is 0.0840. The molecule has 0 spiro atoms. The van der Waals surface area contributed by atoms with E-state index in [1.807, 2.05) is 51.0 Å². The van der Waals surface area contributed by atoms with Crippen LogP contribution in [-0.4, -0.2) is 30.9 Å². The van der Waals surface area contributed by atoms with Crippen molar-refractivity contribution in [3.05, 3.63) is 53.9 Å². The summed E-state index contributed by atoms with van der Waals surface area (Å²) in [4.78, 5) is 30.4. The lowest BCUT2D eigenvalue weighted by atomic mass is 10.1. The Labute approximate surface area is 148 Å². The molecule has 0 bridgehead atoms. The number of aromatic nitrogens is 1. The van der Waals surface area contributed by atoms with Gasteiger partial charge in [0.05, 0.1) is 5.56 Å². The molecule has 0 aliphatic carbocycles. The van der Waals surface area contributed by atoms with Crippen molar-refractivity contribution in [1.82, 2.24) is 10.3 Å². The van der Waals surface area contributed by atoms with Gasteiger partial charge in [0.1, 0.15) is 0 Å². The molecule has 0 unspecified atom stereocenters. The van der Waals surface area contributed by atoms with E-state index in [2.05, 4.69) is 15.6 Å². The van der Waals surface area contributed by atoms with Crippen LogP contribution in [0.2, 0.25) is 0 Å². The predicted octanol–water partition coefficient (Wildman–Crippen LogP) is 2.67. The van der Waals surface area contributed by atoms with Crippen LogP contribution < -0.4 is 15.5 Å². The van der Waals surface area contributed by atoms with Crippen LogP contribution in [0.1, 0.15) is 29.8 Å². The molecule has 25 heavy (non-hydrogen) atoms. The first-order chi connectivity index (χ1) is 11.9. The highest BCUT2D eigenvalue weighted by molar-refractivity contribution is 6.02. The summed E-state index contributed by atoms with van der Waals surface area (Å²) in [6, 6.07) is 9.06. The first-order valence-corrected chi connectivity index (χ1v) is 8.18. The summed E-state index contributed by atoms with van der Waals surface area (Å²) in [5.41, 5.74) is 2.82. The Morgan fingerprint density at radius 2 is 1.96 bits per heavy atom. The number of anilines is 2. The van der Waals surface area contributed by atoms with Crippen LogP contribution in [0, 0.1) is 5.92 Å². The summed E-state index contributed by atoms with van der Waals surface area (Å²) in [6.07, 6.45) is 3.41. The van der Waals surface area contributed by atoms with Crippen molar-refractivity contribution >= 4 is 23.2 Å². The van der Waals surface area contributed by atoms with Crippen molar-refractivity contribution in [2.24, 2.45) is 5.92 Å². The predicted molar refractivity (Wildman–Crippen MR) is 99.6 cm³/mol. The van der Waals surface area contributed by atoms with Crippen LogP contribution >= 0.6 is 0 Å². The summed E-state index contributed by atoms with van der Waals surface area (Å²) in [7, 11) is 3.75. The number of amides is 2. The second-order valence-electron chi connectivity index (χ2n) is 6.31. The van der Waals surface area contributed by atoms with E-state index in [0.717, 1.165) is 11.3 Å². The fraction of sp³-hybridized carbons (Fsp3) is 0.316. The van der Waals surface area contributed by atoms with Crippen molar-refractivity contribution in [2.45, 2.75) is 20.4 Å². The Kier molecular flexibility index (Phi) is 6.11. The maximum Gasteiger partial charge on any atom is 0.253 e. The third-order valence-corrected chi connectivity index (χ3v) is 3.69. The molecule has 132 valence electrons. The molecule has 0 atom stereocenters. The normalized spacial score (nSPS) is 10.4. The number of rotatable bonds is 6. The average Bonchev–Trinajstić information content (AvgIpc) is 2.60. The number of nitrogens with one attached hydrogen (secondary N) is 2. The fourth-order valence-electron chi connectivity index (χ4n) is 2.25. The van der Waals surface area contributed by atoms with E-state index >= 15 is 0 Å². The van der Waals surface area contributed by atoms with Crippen LogP contribution in [0.4, 0.5) is 11.4 Å². The maximum atomic E-state index is 12.6. The van der Waals surface area contributed by atoms with Gasteiger partial charge in [-0.1, -0.05) is 19.9 Å². The van der Waals surface area contributed by atoms with Gasteiger partial charge in [0.15, 0.2) is 0 Å². The van der Waals surface area contributed by atoms with Crippen molar-refractivity contribution in [3.8, 4) is 0 Å². The fourth-order valence-corrected chi connectivity index (χ4v) is 2.25. The molecule has 0 radical (unpaired) electrons. The van der Waals surface area contributed by atoms with E-state index in [4.69, 9.17) is 0 Å². The third kappa shape index (κ3) is 5.04. The van der Waals surface area contributed by atoms with Crippen LogP contribution in [-0.2, 0) is 11.3 Å². The molecule has 1 heterocycles. The monoisotopic (exact) mass is 340 g/mol. The van der Waals surface area contributed by atoms with Gasteiger partial charge < -0.3 is 15.5 Å². The standard InChI is InChI=1S/C19H24N4O2/c1-13(2)18(24)22-15-7-8-17(23(3)4)16(10-15)19(25)21-12-14-6-5-9-20-11-14/h5-11,13H,12H2,1-4H3,(H,21,25)(H,22,24). The number of benzene rings is 1. The van der Waals surface area contributed by atoms with Crippen LogP contribution in [0.15, 0.2) is 42.7 Å². The molecule has 6 nitrogen and oxygen atoms in total. The van der Waals surface area contributed by atoms with Gasteiger partial charge in [-0.05, 0) is 29.8 Å². The topological polar surface area (TPSA) is 74.3 Å². The lowest BCUT2D eigenvalue weighted by Gasteiger charge is -2.19. The molecular weight excluding hydrogens is 316 g/mol. The number of carbonyl (C=O) groups excluding carboxylic acids is 2. The molecule has 0 saturated carbocycles. The zero-order valence-electron chi connectivity index (χ0n) is 15.0. The number of hydrogen-bond acceptors (Lipinski definition) is 4. The van der Waals surface area contributed by atoms with Crippen LogP contribution in [0.25, 0.3) is 0 Å². The Bertz CT molecular complexity index is 742. The molecule has 0 fully saturated rings. The largest absolute Gasteiger partial charge is 0.377 e. The Hall–Kier alpha value is -2.89. The molecular formula is C19H24N4O2. The summed E-state index contributed by atoms with van der Waals surface area (Å²) in [6.45, 7) is 4.04. The minimum Gasteiger partial charge on any atom is -0.377 e. The van der Waals surface area contributed by atoms with Gasteiger partial charge in [0.2, 0.25) is 5.91 Å². The van der Waals surface area contributed by atoms with Crippen molar-refractivity contribution < 1.29 is 9.59 Å². The molecule has 2 amide bonds. The first-order valence-electron chi connectivity index (χ1n) is 8.18. The molecule has 2 rings (SSSR count). The third-order valence-electron chi connectivity index (χ3n) is 3.69. The number of pyridine rings is 1. The van der Waals surface area contributed by atoms with Gasteiger partial charge in [0.25, 0.3) is 5.91 Å². The molecule has 0 saturated heterocycles. The minimum atomic E-state index is -0.201. The second-order valence-corrected chi connectivity index (χ2v) is 6.31. The van der Waals surface area contributed by atoms with Gasteiger partial charge in [-0.25, -0.2) is 0 Å². The van der Waals surface area contributed by atoms with E-state index in [0.29, 0.717) is 17.8 Å². The smallest absolute Gasteiger partial charge is 0.253 e. The van der Waals surface area contributed by atoms with E-state index in [1.54, 1.807) is 24.5 Å². The van der Waals surface area contributed by atoms with Crippen LogP contribution in [0.3, 0.4) is 0 Å². The van der Waals surface area contributed by atoms with E-state index in [-0.39, 0.29) is 17.7 Å². The molecule has 6 heteroatoms. The number of nitrogens with zero attached hydrogens (tertiary/aromatic N) is 2. The number of carbonyl (C=O) groups is 2. The average molecular weight is 340 g/mol. The lowest BCUT2D eigenvalue weighted by Crippen LogP contribution is -2.26. The van der Waals surface area contributed by atoms with Crippen molar-refractivity contribution in [2.75, 3.05) is 24.3 Å². The summed E-state index contributed by atoms with van der Waals surface area (Å²) in [5.74, 6) is -0.413. The van der Waals surface area contributed by atoms with Gasteiger partial charge in [-0.2, -0.15) is 0 Å². The van der Waals surface area contributed by atoms with Gasteiger partial charge in [-0.3, -0.25) is 14.6 Å². The van der Waals surface area contributed by atoms with Crippen LogP contribution in [0.5, 0.6) is 0 Å². The zero-order valence-corrected chi connectivity index (χ0v) is 15.0. The SMILES string of the molecule is CC(C)C(=O)Nc1ccc(N(C)C)c(C(=O)NCc2cccnc2)c1. The highest BCUT2D eigenvalue weighted by Crippen LogP contribution is 2.23. The van der Waals surface area contributed by atoms with Crippen molar-refractivity contribution in [1.29, 1.82) is 0 Å². The summed E-state index contributed by atoms with van der Waals surface area (Å²) >= 11 is 0. The molecule has 0 aliphatic rings. The lowest BCUT2D eigenvalue weighted by molar-refractivity contribution is -0.118. The Morgan fingerprint density at radius 1 is 1.20 bits per heavy atom. The number of hydrogen-bond donors (Lipinski definition) is 2. The molecule has 1 aromatic carbocycles. The van der Waals surface area contributed by atoms with Crippen molar-refractivity contribution in [3.63, 3.8) is 0 Å². The van der Waals surface area contributed by atoms with Gasteiger partial charge in [-0.15, -0.1) is 0 Å². The Morgan fingerprint density at radius 3 is 2.56 bits per heavy atom. The van der Waals surface area contributed by atoms with Gasteiger partial charge in [0, 0.05) is 50.3 Å². The highest BCUT2D eigenvalue weighted by Gasteiger charge is 2.15. The highest BCUT2D eigenvalue weighted by atomic mass is 16.2. The molecule has 2 N–H and O–H groups in total.